The molecule has 2 aromatic heterocycles. The molecule has 0 spiro atoms. The molecule has 0 aliphatic rings. The van der Waals surface area contributed by atoms with Crippen molar-refractivity contribution in [2.75, 3.05) is 23.7 Å². The van der Waals surface area contributed by atoms with E-state index in [0.29, 0.717) is 29.9 Å². The van der Waals surface area contributed by atoms with Crippen LogP contribution in [0.4, 0.5) is 17.5 Å². The van der Waals surface area contributed by atoms with Gasteiger partial charge in [-0.2, -0.15) is 10.1 Å². The molecule has 0 amide bonds. The Morgan fingerprint density at radius 2 is 2.15 bits per heavy atom. The first-order valence-electron chi connectivity index (χ1n) is 7.90. The first-order valence-corrected chi connectivity index (χ1v) is 8.28. The number of aromatic nitrogens is 4. The largest absolute Gasteiger partial charge is 0.382 e. The fourth-order valence-corrected chi connectivity index (χ4v) is 2.16. The van der Waals surface area contributed by atoms with Crippen molar-refractivity contribution in [1.82, 2.24) is 25.1 Å². The van der Waals surface area contributed by atoms with Crippen molar-refractivity contribution in [2.24, 2.45) is 7.05 Å². The normalized spacial score (nSPS) is 10.9. The second-order valence-electron chi connectivity index (χ2n) is 5.40. The van der Waals surface area contributed by atoms with Crippen molar-refractivity contribution in [2.45, 2.75) is 0 Å². The zero-order valence-electron chi connectivity index (χ0n) is 14.7. The zero-order chi connectivity index (χ0) is 18.9. The second-order valence-corrected chi connectivity index (χ2v) is 5.81. The summed E-state index contributed by atoms with van der Waals surface area (Å²) in [6.07, 6.45) is 10.4. The number of anilines is 3. The Labute approximate surface area is 158 Å². The lowest BCUT2D eigenvalue weighted by Gasteiger charge is -2.10. The van der Waals surface area contributed by atoms with Gasteiger partial charge in [-0.3, -0.25) is 4.68 Å². The van der Waals surface area contributed by atoms with E-state index in [-0.39, 0.29) is 0 Å². The van der Waals surface area contributed by atoms with Gasteiger partial charge in [0, 0.05) is 32.0 Å². The van der Waals surface area contributed by atoms with Crippen LogP contribution >= 0.6 is 11.6 Å². The summed E-state index contributed by atoms with van der Waals surface area (Å²) < 4.78 is 1.69. The van der Waals surface area contributed by atoms with E-state index in [9.17, 15) is 0 Å². The molecule has 136 valence electrons. The molecule has 26 heavy (non-hydrogen) atoms. The highest BCUT2D eigenvalue weighted by Gasteiger charge is 2.07. The van der Waals surface area contributed by atoms with Gasteiger partial charge >= 0.3 is 0 Å². The molecule has 0 fully saturated rings. The predicted octanol–water partition coefficient (Wildman–Crippen LogP) is 3.42. The molecule has 0 saturated carbocycles. The van der Waals surface area contributed by atoms with Crippen molar-refractivity contribution in [3.05, 3.63) is 72.8 Å². The van der Waals surface area contributed by atoms with Crippen LogP contribution in [0, 0.1) is 0 Å². The third-order valence-electron chi connectivity index (χ3n) is 3.22. The molecule has 8 heteroatoms. The topological polar surface area (TPSA) is 79.7 Å². The Kier molecular flexibility index (Phi) is 6.99. The highest BCUT2D eigenvalue weighted by Crippen LogP contribution is 2.21. The summed E-state index contributed by atoms with van der Waals surface area (Å²) in [5.74, 6) is 0.937. The van der Waals surface area contributed by atoms with E-state index in [0.717, 1.165) is 17.0 Å². The average Bonchev–Trinajstić information content (AvgIpc) is 3.03. The fraction of sp³-hybridized carbons (Fsp3) is 0.167. The maximum Gasteiger partial charge on any atom is 0.229 e. The molecule has 2 rings (SSSR count). The van der Waals surface area contributed by atoms with E-state index in [2.05, 4.69) is 50.8 Å². The van der Waals surface area contributed by atoms with Crippen LogP contribution in [0.3, 0.4) is 0 Å². The number of halogens is 1. The molecule has 0 radical (unpaired) electrons. The standard InChI is InChI=1S/C18H22ClN7/c1-5-7-20-14(6-2)8-13(3)9-21-17-16(19)11-22-18(25-17)24-15-10-23-26(4)12-15/h5-6,8,10-12,20H,1-3,7,9H2,4H3,(H2,21,22,24,25)/b14-8+. The number of hydrogen-bond donors (Lipinski definition) is 3. The quantitative estimate of drug-likeness (QED) is 0.438. The lowest BCUT2D eigenvalue weighted by atomic mass is 10.2. The van der Waals surface area contributed by atoms with Crippen molar-refractivity contribution in [1.29, 1.82) is 0 Å². The molecule has 0 bridgehead atoms. The summed E-state index contributed by atoms with van der Waals surface area (Å²) >= 11 is 6.17. The zero-order valence-corrected chi connectivity index (χ0v) is 15.4. The molecule has 0 atom stereocenters. The summed E-state index contributed by atoms with van der Waals surface area (Å²) in [6.45, 7) is 12.6. The number of hydrogen-bond acceptors (Lipinski definition) is 6. The predicted molar refractivity (Wildman–Crippen MR) is 108 cm³/mol. The number of nitrogens with one attached hydrogen (secondary N) is 3. The molecule has 2 aromatic rings. The maximum absolute atomic E-state index is 6.17. The molecule has 0 unspecified atom stereocenters. The molecule has 0 aliphatic heterocycles. The summed E-state index contributed by atoms with van der Waals surface area (Å²) in [5.41, 5.74) is 2.49. The highest BCUT2D eigenvalue weighted by molar-refractivity contribution is 6.32. The molecule has 0 aliphatic carbocycles. The monoisotopic (exact) mass is 371 g/mol. The van der Waals surface area contributed by atoms with Crippen LogP contribution in [0.2, 0.25) is 5.02 Å². The van der Waals surface area contributed by atoms with Gasteiger partial charge in [0.15, 0.2) is 5.82 Å². The van der Waals surface area contributed by atoms with Crippen molar-refractivity contribution < 1.29 is 0 Å². The van der Waals surface area contributed by atoms with E-state index in [1.54, 1.807) is 23.0 Å². The van der Waals surface area contributed by atoms with Gasteiger partial charge in [0.25, 0.3) is 0 Å². The fourth-order valence-electron chi connectivity index (χ4n) is 2.01. The Hall–Kier alpha value is -3.06. The molecular formula is C18H22ClN7. The van der Waals surface area contributed by atoms with Gasteiger partial charge in [0.2, 0.25) is 5.95 Å². The minimum absolute atomic E-state index is 0.422. The Morgan fingerprint density at radius 1 is 1.35 bits per heavy atom. The van der Waals surface area contributed by atoms with Crippen LogP contribution in [-0.2, 0) is 7.05 Å². The average molecular weight is 372 g/mol. The smallest absolute Gasteiger partial charge is 0.229 e. The minimum Gasteiger partial charge on any atom is -0.382 e. The van der Waals surface area contributed by atoms with Crippen LogP contribution < -0.4 is 16.0 Å². The first-order chi connectivity index (χ1) is 12.5. The summed E-state index contributed by atoms with van der Waals surface area (Å²) in [5, 5.41) is 13.9. The summed E-state index contributed by atoms with van der Waals surface area (Å²) in [4.78, 5) is 8.55. The molecule has 0 saturated heterocycles. The number of aryl methyl sites for hydroxylation is 1. The number of nitrogens with zero attached hydrogens (tertiary/aromatic N) is 4. The molecule has 7 nitrogen and oxygen atoms in total. The SMILES string of the molecule is C=CCN/C(C=C)=C/C(=C)CNc1nc(Nc2cnn(C)c2)ncc1Cl. The van der Waals surface area contributed by atoms with Crippen LogP contribution in [0.5, 0.6) is 0 Å². The first kappa shape index (κ1) is 19.3. The summed E-state index contributed by atoms with van der Waals surface area (Å²) in [6, 6.07) is 0. The van der Waals surface area contributed by atoms with E-state index in [1.807, 2.05) is 19.3 Å². The molecule has 3 N–H and O–H groups in total. The van der Waals surface area contributed by atoms with Gasteiger partial charge in [0.05, 0.1) is 18.1 Å². The Morgan fingerprint density at radius 3 is 2.81 bits per heavy atom. The van der Waals surface area contributed by atoms with Crippen LogP contribution in [-0.4, -0.2) is 32.8 Å². The van der Waals surface area contributed by atoms with Gasteiger partial charge in [-0.05, 0) is 17.7 Å². The van der Waals surface area contributed by atoms with Gasteiger partial charge in [-0.25, -0.2) is 4.98 Å². The van der Waals surface area contributed by atoms with Crippen LogP contribution in [0.1, 0.15) is 0 Å². The van der Waals surface area contributed by atoms with E-state index >= 15 is 0 Å². The third kappa shape index (κ3) is 5.78. The Bertz CT molecular complexity index is 823. The second kappa shape index (κ2) is 9.43. The van der Waals surface area contributed by atoms with Crippen molar-refractivity contribution >= 4 is 29.1 Å². The van der Waals surface area contributed by atoms with Crippen molar-refractivity contribution in [3.63, 3.8) is 0 Å². The summed E-state index contributed by atoms with van der Waals surface area (Å²) in [7, 11) is 1.83. The number of rotatable bonds is 10. The molecule has 0 aromatic carbocycles. The van der Waals surface area contributed by atoms with Gasteiger partial charge in [-0.1, -0.05) is 30.8 Å². The number of allylic oxidation sites excluding steroid dienone is 1. The van der Waals surface area contributed by atoms with E-state index in [1.165, 1.54) is 6.20 Å². The van der Waals surface area contributed by atoms with Crippen molar-refractivity contribution in [3.8, 4) is 0 Å². The van der Waals surface area contributed by atoms with Crippen LogP contribution in [0.25, 0.3) is 0 Å². The van der Waals surface area contributed by atoms with Gasteiger partial charge in [0.1, 0.15) is 5.02 Å². The maximum atomic E-state index is 6.17. The third-order valence-corrected chi connectivity index (χ3v) is 3.49. The van der Waals surface area contributed by atoms with Crippen LogP contribution in [0.15, 0.2) is 67.8 Å². The van der Waals surface area contributed by atoms with Gasteiger partial charge in [-0.15, -0.1) is 6.58 Å². The molecule has 2 heterocycles. The minimum atomic E-state index is 0.422. The lowest BCUT2D eigenvalue weighted by molar-refractivity contribution is 0.768. The van der Waals surface area contributed by atoms with E-state index < -0.39 is 0 Å². The highest BCUT2D eigenvalue weighted by atomic mass is 35.5. The molecular weight excluding hydrogens is 350 g/mol. The Balaban J connectivity index is 2.01. The van der Waals surface area contributed by atoms with E-state index in [4.69, 9.17) is 11.6 Å². The van der Waals surface area contributed by atoms with Gasteiger partial charge < -0.3 is 16.0 Å². The lowest BCUT2D eigenvalue weighted by Crippen LogP contribution is -2.12.